The Balaban J connectivity index is 1.71. The highest BCUT2D eigenvalue weighted by molar-refractivity contribution is 7.92. The van der Waals surface area contributed by atoms with Gasteiger partial charge in [-0.05, 0) is 42.8 Å². The first-order valence-corrected chi connectivity index (χ1v) is 11.5. The van der Waals surface area contributed by atoms with Gasteiger partial charge in [0.1, 0.15) is 24.5 Å². The highest BCUT2D eigenvalue weighted by Crippen LogP contribution is 2.30. The third-order valence-corrected chi connectivity index (χ3v) is 5.91. The largest absolute Gasteiger partial charge is 0.497 e. The van der Waals surface area contributed by atoms with Crippen LogP contribution in [0.4, 0.5) is 5.69 Å². The van der Waals surface area contributed by atoms with Crippen LogP contribution in [0.1, 0.15) is 13.3 Å². The Labute approximate surface area is 176 Å². The van der Waals surface area contributed by atoms with Gasteiger partial charge >= 0.3 is 0 Å². The first-order valence-electron chi connectivity index (χ1n) is 9.63. The maximum absolute atomic E-state index is 12.9. The first-order chi connectivity index (χ1) is 14.3. The van der Waals surface area contributed by atoms with Gasteiger partial charge in [-0.1, -0.05) is 19.1 Å². The molecule has 0 spiro atoms. The Kier molecular flexibility index (Phi) is 6.71. The van der Waals surface area contributed by atoms with E-state index in [4.69, 9.17) is 14.2 Å². The lowest BCUT2D eigenvalue weighted by Gasteiger charge is -2.31. The van der Waals surface area contributed by atoms with E-state index in [-0.39, 0.29) is 12.6 Å². The summed E-state index contributed by atoms with van der Waals surface area (Å²) in [7, 11) is -2.17. The summed E-state index contributed by atoms with van der Waals surface area (Å²) in [5.74, 6) is 1.47. The van der Waals surface area contributed by atoms with Gasteiger partial charge in [-0.25, -0.2) is 8.42 Å². The Bertz CT molecular complexity index is 977. The van der Waals surface area contributed by atoms with Gasteiger partial charge in [-0.15, -0.1) is 0 Å². The molecule has 2 atom stereocenters. The zero-order valence-corrected chi connectivity index (χ0v) is 18.0. The number of hydrogen-bond acceptors (Lipinski definition) is 6. The highest BCUT2D eigenvalue weighted by atomic mass is 32.2. The van der Waals surface area contributed by atoms with Gasteiger partial charge in [0.25, 0.3) is 0 Å². The molecule has 8 nitrogen and oxygen atoms in total. The van der Waals surface area contributed by atoms with Crippen LogP contribution in [0, 0.1) is 0 Å². The van der Waals surface area contributed by atoms with E-state index >= 15 is 0 Å². The summed E-state index contributed by atoms with van der Waals surface area (Å²) in [4.78, 5) is 12.9. The summed E-state index contributed by atoms with van der Waals surface area (Å²) < 4.78 is 42.8. The van der Waals surface area contributed by atoms with E-state index in [0.29, 0.717) is 36.0 Å². The van der Waals surface area contributed by atoms with Crippen LogP contribution >= 0.6 is 0 Å². The smallest absolute Gasteiger partial charge is 0.244 e. The van der Waals surface area contributed by atoms with Crippen LogP contribution in [0.5, 0.6) is 17.2 Å². The standard InChI is InChI=1S/C21H26N2O6S/c1-4-18(23(30(3,25)26)15-9-11-16(27-2)12-10-15)21(24)22-13-17-14-28-19-7-5-6-8-20(19)29-17/h5-12,17-18H,4,13-14H2,1-3H3,(H,22,24)/t17-,18+/m0/s1. The predicted octanol–water partition coefficient (Wildman–Crippen LogP) is 2.20. The van der Waals surface area contributed by atoms with E-state index in [1.54, 1.807) is 37.3 Å². The number of anilines is 1. The maximum Gasteiger partial charge on any atom is 0.244 e. The molecular weight excluding hydrogens is 408 g/mol. The molecule has 0 bridgehead atoms. The predicted molar refractivity (Wildman–Crippen MR) is 114 cm³/mol. The molecule has 1 aliphatic heterocycles. The third-order valence-electron chi connectivity index (χ3n) is 4.73. The highest BCUT2D eigenvalue weighted by Gasteiger charge is 2.32. The average molecular weight is 435 g/mol. The van der Waals surface area contributed by atoms with E-state index in [1.807, 2.05) is 18.2 Å². The maximum atomic E-state index is 12.9. The quantitative estimate of drug-likeness (QED) is 0.685. The van der Waals surface area contributed by atoms with Crippen LogP contribution in [-0.4, -0.2) is 53.0 Å². The van der Waals surface area contributed by atoms with Gasteiger partial charge in [-0.2, -0.15) is 0 Å². The van der Waals surface area contributed by atoms with Crippen LogP contribution < -0.4 is 23.8 Å². The Hall–Kier alpha value is -2.94. The normalized spacial score (nSPS) is 16.4. The lowest BCUT2D eigenvalue weighted by Crippen LogP contribution is -2.51. The topological polar surface area (TPSA) is 94.2 Å². The second-order valence-corrected chi connectivity index (χ2v) is 8.78. The van der Waals surface area contributed by atoms with E-state index in [1.165, 1.54) is 7.11 Å². The van der Waals surface area contributed by atoms with Crippen molar-refractivity contribution in [2.45, 2.75) is 25.5 Å². The van der Waals surface area contributed by atoms with E-state index in [0.717, 1.165) is 10.6 Å². The van der Waals surface area contributed by atoms with Gasteiger partial charge in [0.05, 0.1) is 25.6 Å². The number of carbonyl (C=O) groups is 1. The molecule has 2 aromatic rings. The van der Waals surface area contributed by atoms with Crippen molar-refractivity contribution in [3.63, 3.8) is 0 Å². The van der Waals surface area contributed by atoms with Crippen molar-refractivity contribution in [2.24, 2.45) is 0 Å². The number of hydrogen-bond donors (Lipinski definition) is 1. The SMILES string of the molecule is CC[C@H](C(=O)NC[C@H]1COc2ccccc2O1)N(c1ccc(OC)cc1)S(C)(=O)=O. The fraction of sp³-hybridized carbons (Fsp3) is 0.381. The van der Waals surface area contributed by atoms with Crippen LogP contribution in [0.2, 0.25) is 0 Å². The summed E-state index contributed by atoms with van der Waals surface area (Å²) in [5.41, 5.74) is 0.395. The molecule has 0 saturated heterocycles. The molecule has 0 aromatic heterocycles. The molecule has 1 amide bonds. The van der Waals surface area contributed by atoms with Crippen molar-refractivity contribution in [3.8, 4) is 17.2 Å². The second-order valence-electron chi connectivity index (χ2n) is 6.92. The lowest BCUT2D eigenvalue weighted by atomic mass is 10.2. The molecule has 2 aromatic carbocycles. The molecule has 9 heteroatoms. The molecule has 1 heterocycles. The van der Waals surface area contributed by atoms with Gasteiger partial charge in [0.2, 0.25) is 15.9 Å². The first kappa shape index (κ1) is 21.8. The second kappa shape index (κ2) is 9.25. The Morgan fingerprint density at radius 1 is 1.20 bits per heavy atom. The van der Waals surface area contributed by atoms with Gasteiger partial charge in [0.15, 0.2) is 11.5 Å². The minimum atomic E-state index is -3.70. The van der Waals surface area contributed by atoms with Crippen molar-refractivity contribution in [1.29, 1.82) is 0 Å². The molecule has 0 fully saturated rings. The number of methoxy groups -OCH3 is 1. The number of fused-ring (bicyclic) bond motifs is 1. The number of sulfonamides is 1. The van der Waals surface area contributed by atoms with Crippen molar-refractivity contribution < 1.29 is 27.4 Å². The molecule has 0 saturated carbocycles. The molecule has 0 aliphatic carbocycles. The van der Waals surface area contributed by atoms with Crippen molar-refractivity contribution in [1.82, 2.24) is 5.32 Å². The summed E-state index contributed by atoms with van der Waals surface area (Å²) >= 11 is 0. The molecule has 0 radical (unpaired) electrons. The van der Waals surface area contributed by atoms with Gasteiger partial charge in [-0.3, -0.25) is 9.10 Å². The summed E-state index contributed by atoms with van der Waals surface area (Å²) in [6, 6.07) is 13.0. The molecule has 1 aliphatic rings. The number of amides is 1. The van der Waals surface area contributed by atoms with Crippen molar-refractivity contribution >= 4 is 21.6 Å². The number of nitrogens with one attached hydrogen (secondary N) is 1. The van der Waals surface area contributed by atoms with Gasteiger partial charge in [0, 0.05) is 0 Å². The fourth-order valence-corrected chi connectivity index (χ4v) is 4.50. The summed E-state index contributed by atoms with van der Waals surface area (Å²) in [6.07, 6.45) is 1.02. The lowest BCUT2D eigenvalue weighted by molar-refractivity contribution is -0.122. The number of para-hydroxylation sites is 2. The number of rotatable bonds is 8. The van der Waals surface area contributed by atoms with Crippen molar-refractivity contribution in [2.75, 3.05) is 30.8 Å². The Morgan fingerprint density at radius 2 is 1.87 bits per heavy atom. The molecule has 1 N–H and O–H groups in total. The number of ether oxygens (including phenoxy) is 3. The molecular formula is C21H26N2O6S. The zero-order valence-electron chi connectivity index (χ0n) is 17.2. The minimum absolute atomic E-state index is 0.198. The van der Waals surface area contributed by atoms with E-state index in [2.05, 4.69) is 5.32 Å². The van der Waals surface area contributed by atoms with Crippen molar-refractivity contribution in [3.05, 3.63) is 48.5 Å². The molecule has 30 heavy (non-hydrogen) atoms. The summed E-state index contributed by atoms with van der Waals surface area (Å²) in [5, 5.41) is 2.80. The van der Waals surface area contributed by atoms with E-state index in [9.17, 15) is 13.2 Å². The van der Waals surface area contributed by atoms with Gasteiger partial charge < -0.3 is 19.5 Å². The molecule has 3 rings (SSSR count). The van der Waals surface area contributed by atoms with Crippen LogP contribution in [-0.2, 0) is 14.8 Å². The summed E-state index contributed by atoms with van der Waals surface area (Å²) in [6.45, 7) is 2.26. The monoisotopic (exact) mass is 434 g/mol. The van der Waals surface area contributed by atoms with Crippen LogP contribution in [0.15, 0.2) is 48.5 Å². The fourth-order valence-electron chi connectivity index (χ4n) is 3.29. The molecule has 162 valence electrons. The molecule has 0 unspecified atom stereocenters. The number of carbonyl (C=O) groups excluding carboxylic acids is 1. The van der Waals surface area contributed by atoms with E-state index < -0.39 is 22.0 Å². The Morgan fingerprint density at radius 3 is 2.47 bits per heavy atom. The zero-order chi connectivity index (χ0) is 21.7. The van der Waals surface area contributed by atoms with Crippen LogP contribution in [0.25, 0.3) is 0 Å². The van der Waals surface area contributed by atoms with Crippen LogP contribution in [0.3, 0.4) is 0 Å². The average Bonchev–Trinajstić information content (AvgIpc) is 2.75. The third kappa shape index (κ3) is 4.96. The minimum Gasteiger partial charge on any atom is -0.497 e. The number of benzene rings is 2. The number of nitrogens with zero attached hydrogens (tertiary/aromatic N) is 1.